The van der Waals surface area contributed by atoms with Gasteiger partial charge in [-0.1, -0.05) is 6.07 Å². The lowest BCUT2D eigenvalue weighted by Gasteiger charge is -2.08. The zero-order chi connectivity index (χ0) is 13.2. The van der Waals surface area contributed by atoms with Crippen molar-refractivity contribution in [3.8, 4) is 0 Å². The van der Waals surface area contributed by atoms with Gasteiger partial charge in [0, 0.05) is 5.56 Å². The first-order valence-corrected chi connectivity index (χ1v) is 4.23. The molecule has 0 saturated carbocycles. The minimum absolute atomic E-state index is 0.0668. The number of benzene rings is 1. The van der Waals surface area contributed by atoms with Crippen molar-refractivity contribution in [3.05, 3.63) is 39.2 Å². The molecule has 0 aromatic heterocycles. The van der Waals surface area contributed by atoms with Gasteiger partial charge in [-0.05, 0) is 6.07 Å². The molecule has 1 atom stereocenters. The maximum Gasteiger partial charge on any atom is 0.337 e. The minimum Gasteiger partial charge on any atom is -0.479 e. The van der Waals surface area contributed by atoms with Crippen LogP contribution in [0.1, 0.15) is 22.0 Å². The first-order valence-electron chi connectivity index (χ1n) is 4.23. The van der Waals surface area contributed by atoms with Crippen LogP contribution in [0.5, 0.6) is 0 Å². The van der Waals surface area contributed by atoms with Crippen molar-refractivity contribution in [2.75, 3.05) is 0 Å². The van der Waals surface area contributed by atoms with Crippen molar-refractivity contribution in [2.45, 2.75) is 6.10 Å². The van der Waals surface area contributed by atoms with Crippen LogP contribution in [-0.2, 0) is 4.79 Å². The number of aliphatic hydroxyl groups is 1. The highest BCUT2D eigenvalue weighted by molar-refractivity contribution is 5.87. The summed E-state index contributed by atoms with van der Waals surface area (Å²) in [6.45, 7) is 0. The fourth-order valence-electron chi connectivity index (χ4n) is 1.28. The van der Waals surface area contributed by atoms with E-state index < -0.39 is 39.6 Å². The summed E-state index contributed by atoms with van der Waals surface area (Å²) in [7, 11) is 0. The summed E-state index contributed by atoms with van der Waals surface area (Å²) >= 11 is 0. The molecule has 8 heteroatoms. The predicted octanol–water partition coefficient (Wildman–Crippen LogP) is 0.664. The molecule has 0 aliphatic carbocycles. The van der Waals surface area contributed by atoms with Gasteiger partial charge >= 0.3 is 11.7 Å². The molecule has 0 radical (unpaired) electrons. The van der Waals surface area contributed by atoms with E-state index >= 15 is 0 Å². The number of aliphatic carboxylic acids is 1. The molecule has 7 nitrogen and oxygen atoms in total. The second kappa shape index (κ2) is 4.66. The summed E-state index contributed by atoms with van der Waals surface area (Å²) < 4.78 is 13.1. The van der Waals surface area contributed by atoms with Crippen molar-refractivity contribution < 1.29 is 29.1 Å². The lowest BCUT2D eigenvalue weighted by Crippen LogP contribution is -2.14. The topological polar surface area (TPSA) is 118 Å². The molecule has 0 aliphatic rings. The molecule has 0 heterocycles. The van der Waals surface area contributed by atoms with Gasteiger partial charge in [-0.3, -0.25) is 14.9 Å². The van der Waals surface area contributed by atoms with Crippen LogP contribution in [0.15, 0.2) is 12.1 Å². The Balaban J connectivity index is 3.54. The Morgan fingerprint density at radius 2 is 2.12 bits per heavy atom. The maximum atomic E-state index is 13.1. The maximum absolute atomic E-state index is 13.1. The quantitative estimate of drug-likeness (QED) is 0.455. The third-order valence-electron chi connectivity index (χ3n) is 2.03. The van der Waals surface area contributed by atoms with Crippen molar-refractivity contribution in [3.63, 3.8) is 0 Å². The Labute approximate surface area is 93.3 Å². The van der Waals surface area contributed by atoms with Gasteiger partial charge in [-0.2, -0.15) is 4.39 Å². The standard InChI is InChI=1S/C9H6FNO6/c10-6-2-1-4(8(13)9(14)15)5(3-12)7(6)11(16)17/h1-3,8,13H,(H,14,15). The molecule has 90 valence electrons. The van der Waals surface area contributed by atoms with Crippen molar-refractivity contribution in [1.82, 2.24) is 0 Å². The van der Waals surface area contributed by atoms with E-state index in [2.05, 4.69) is 0 Å². The highest BCUT2D eigenvalue weighted by atomic mass is 19.1. The van der Waals surface area contributed by atoms with Crippen LogP contribution >= 0.6 is 0 Å². The molecule has 1 unspecified atom stereocenters. The van der Waals surface area contributed by atoms with Crippen LogP contribution in [0.2, 0.25) is 0 Å². The van der Waals surface area contributed by atoms with Gasteiger partial charge in [0.15, 0.2) is 12.4 Å². The average molecular weight is 243 g/mol. The molecule has 1 aromatic carbocycles. The number of carbonyl (C=O) groups is 2. The molecule has 0 bridgehead atoms. The predicted molar refractivity (Wildman–Crippen MR) is 51.0 cm³/mol. The summed E-state index contributed by atoms with van der Waals surface area (Å²) in [6.07, 6.45) is -2.20. The van der Waals surface area contributed by atoms with Crippen LogP contribution in [-0.4, -0.2) is 27.4 Å². The van der Waals surface area contributed by atoms with Crippen LogP contribution in [0.25, 0.3) is 0 Å². The fraction of sp³-hybridized carbons (Fsp3) is 0.111. The minimum atomic E-state index is -2.13. The second-order valence-electron chi connectivity index (χ2n) is 3.01. The molecular weight excluding hydrogens is 237 g/mol. The van der Waals surface area contributed by atoms with Crippen LogP contribution in [0.4, 0.5) is 10.1 Å². The molecule has 1 rings (SSSR count). The molecule has 0 saturated heterocycles. The first-order chi connectivity index (χ1) is 7.90. The number of carboxylic acids is 1. The number of aldehydes is 1. The number of rotatable bonds is 4. The number of nitro groups is 1. The van der Waals surface area contributed by atoms with E-state index in [0.29, 0.717) is 6.07 Å². The molecule has 0 spiro atoms. The number of hydrogen-bond donors (Lipinski definition) is 2. The Kier molecular flexibility index (Phi) is 3.49. The largest absolute Gasteiger partial charge is 0.479 e. The van der Waals surface area contributed by atoms with Crippen LogP contribution in [0.3, 0.4) is 0 Å². The SMILES string of the molecule is O=Cc1c(C(O)C(=O)O)ccc(F)c1[N+](=O)[O-]. The van der Waals surface area contributed by atoms with Gasteiger partial charge in [0.05, 0.1) is 4.92 Å². The summed E-state index contributed by atoms with van der Waals surface area (Å²) in [5.41, 5.74) is -2.47. The molecule has 0 aliphatic heterocycles. The zero-order valence-corrected chi connectivity index (χ0v) is 8.16. The molecular formula is C9H6FNO6. The third kappa shape index (κ3) is 2.26. The fourth-order valence-corrected chi connectivity index (χ4v) is 1.28. The van der Waals surface area contributed by atoms with E-state index in [9.17, 15) is 29.2 Å². The number of carboxylic acid groups (broad SMARTS) is 1. The normalized spacial score (nSPS) is 11.9. The van der Waals surface area contributed by atoms with E-state index in [4.69, 9.17) is 5.11 Å². The van der Waals surface area contributed by atoms with E-state index in [0.717, 1.165) is 6.07 Å². The molecule has 0 amide bonds. The number of aliphatic hydroxyl groups excluding tert-OH is 1. The van der Waals surface area contributed by atoms with Crippen molar-refractivity contribution >= 4 is 17.9 Å². The Morgan fingerprint density at radius 3 is 2.53 bits per heavy atom. The van der Waals surface area contributed by atoms with E-state index in [-0.39, 0.29) is 6.29 Å². The number of halogens is 1. The summed E-state index contributed by atoms with van der Waals surface area (Å²) in [6, 6.07) is 1.43. The molecule has 17 heavy (non-hydrogen) atoms. The zero-order valence-electron chi connectivity index (χ0n) is 8.16. The van der Waals surface area contributed by atoms with E-state index in [1.165, 1.54) is 0 Å². The van der Waals surface area contributed by atoms with Gasteiger partial charge in [0.25, 0.3) is 0 Å². The molecule has 0 fully saturated rings. The summed E-state index contributed by atoms with van der Waals surface area (Å²) in [4.78, 5) is 30.5. The Morgan fingerprint density at radius 1 is 1.53 bits per heavy atom. The second-order valence-corrected chi connectivity index (χ2v) is 3.01. The molecule has 1 aromatic rings. The van der Waals surface area contributed by atoms with Gasteiger partial charge in [-0.25, -0.2) is 4.79 Å². The van der Waals surface area contributed by atoms with Gasteiger partial charge in [-0.15, -0.1) is 0 Å². The highest BCUT2D eigenvalue weighted by Gasteiger charge is 2.28. The third-order valence-corrected chi connectivity index (χ3v) is 2.03. The smallest absolute Gasteiger partial charge is 0.337 e. The number of carbonyl (C=O) groups excluding carboxylic acids is 1. The first kappa shape index (κ1) is 12.7. The lowest BCUT2D eigenvalue weighted by atomic mass is 10.0. The summed E-state index contributed by atoms with van der Waals surface area (Å²) in [5.74, 6) is -2.98. The van der Waals surface area contributed by atoms with Crippen LogP contribution in [0, 0.1) is 15.9 Å². The average Bonchev–Trinajstić information content (AvgIpc) is 2.26. The van der Waals surface area contributed by atoms with Crippen LogP contribution < -0.4 is 0 Å². The summed E-state index contributed by atoms with van der Waals surface area (Å²) in [5, 5.41) is 28.3. The van der Waals surface area contributed by atoms with Gasteiger partial charge in [0.2, 0.25) is 5.82 Å². The van der Waals surface area contributed by atoms with E-state index in [1.807, 2.05) is 0 Å². The Hall–Kier alpha value is -2.35. The van der Waals surface area contributed by atoms with Gasteiger partial charge in [0.1, 0.15) is 5.56 Å². The highest BCUT2D eigenvalue weighted by Crippen LogP contribution is 2.28. The van der Waals surface area contributed by atoms with Gasteiger partial charge < -0.3 is 10.2 Å². The monoisotopic (exact) mass is 243 g/mol. The lowest BCUT2D eigenvalue weighted by molar-refractivity contribution is -0.387. The van der Waals surface area contributed by atoms with Crippen molar-refractivity contribution in [2.24, 2.45) is 0 Å². The number of nitro benzene ring substituents is 1. The number of nitrogens with zero attached hydrogens (tertiary/aromatic N) is 1. The number of hydrogen-bond acceptors (Lipinski definition) is 5. The van der Waals surface area contributed by atoms with Crippen molar-refractivity contribution in [1.29, 1.82) is 0 Å². The van der Waals surface area contributed by atoms with E-state index in [1.54, 1.807) is 0 Å². The molecule has 2 N–H and O–H groups in total. The Bertz CT molecular complexity index is 501.